The molecule has 0 radical (unpaired) electrons. The fourth-order valence-corrected chi connectivity index (χ4v) is 3.34. The highest BCUT2D eigenvalue weighted by Gasteiger charge is 2.21. The number of hydrogen-bond donors (Lipinski definition) is 0. The largest absolute Gasteiger partial charge is 0.338 e. The number of fused-ring (bicyclic) bond motifs is 1. The summed E-state index contributed by atoms with van der Waals surface area (Å²) in [5.74, 6) is 1.21. The first kappa shape index (κ1) is 14.3. The number of aromatic nitrogens is 4. The van der Waals surface area contributed by atoms with Crippen LogP contribution in [0.25, 0.3) is 11.4 Å². The molecule has 7 nitrogen and oxygen atoms in total. The summed E-state index contributed by atoms with van der Waals surface area (Å²) >= 11 is 1.60. The van der Waals surface area contributed by atoms with E-state index in [1.807, 2.05) is 16.8 Å². The van der Waals surface area contributed by atoms with E-state index in [1.54, 1.807) is 24.5 Å². The maximum absolute atomic E-state index is 11.7. The molecule has 4 heterocycles. The van der Waals surface area contributed by atoms with Gasteiger partial charge >= 0.3 is 0 Å². The van der Waals surface area contributed by atoms with E-state index in [9.17, 15) is 4.79 Å². The van der Waals surface area contributed by atoms with Crippen molar-refractivity contribution >= 4 is 11.3 Å². The molecule has 0 atom stereocenters. The van der Waals surface area contributed by atoms with Crippen molar-refractivity contribution in [3.8, 4) is 11.4 Å². The SMILES string of the molecule is Cn1nc2c(cc1=O)CN(Cc1nc(-c3ccsc3)no1)CC2. The Morgan fingerprint density at radius 2 is 2.35 bits per heavy atom. The van der Waals surface area contributed by atoms with Crippen molar-refractivity contribution < 1.29 is 4.52 Å². The van der Waals surface area contributed by atoms with Crippen molar-refractivity contribution in [2.45, 2.75) is 19.5 Å². The third kappa shape index (κ3) is 2.82. The van der Waals surface area contributed by atoms with Crippen LogP contribution < -0.4 is 5.56 Å². The second-order valence-electron chi connectivity index (χ2n) is 5.56. The molecule has 0 amide bonds. The lowest BCUT2D eigenvalue weighted by atomic mass is 10.1. The summed E-state index contributed by atoms with van der Waals surface area (Å²) in [5.41, 5.74) is 2.87. The van der Waals surface area contributed by atoms with Crippen LogP contribution in [0.4, 0.5) is 0 Å². The summed E-state index contributed by atoms with van der Waals surface area (Å²) in [6.45, 7) is 2.11. The molecule has 0 unspecified atom stereocenters. The van der Waals surface area contributed by atoms with E-state index >= 15 is 0 Å². The average molecular weight is 329 g/mol. The van der Waals surface area contributed by atoms with Crippen molar-refractivity contribution in [1.29, 1.82) is 0 Å². The van der Waals surface area contributed by atoms with Crippen molar-refractivity contribution in [1.82, 2.24) is 24.8 Å². The number of nitrogens with zero attached hydrogens (tertiary/aromatic N) is 5. The molecule has 23 heavy (non-hydrogen) atoms. The van der Waals surface area contributed by atoms with E-state index in [4.69, 9.17) is 4.52 Å². The molecule has 0 saturated heterocycles. The first-order chi connectivity index (χ1) is 11.2. The molecule has 0 bridgehead atoms. The van der Waals surface area contributed by atoms with Crippen LogP contribution in [0.15, 0.2) is 32.2 Å². The van der Waals surface area contributed by atoms with Crippen LogP contribution in [0.5, 0.6) is 0 Å². The zero-order chi connectivity index (χ0) is 15.8. The molecule has 0 aliphatic carbocycles. The second kappa shape index (κ2) is 5.71. The van der Waals surface area contributed by atoms with Crippen molar-refractivity contribution in [3.05, 3.63) is 50.4 Å². The Hall–Kier alpha value is -2.32. The van der Waals surface area contributed by atoms with Crippen LogP contribution in [0.2, 0.25) is 0 Å². The first-order valence-electron chi connectivity index (χ1n) is 7.32. The molecule has 3 aromatic heterocycles. The Morgan fingerprint density at radius 3 is 3.17 bits per heavy atom. The predicted molar refractivity (Wildman–Crippen MR) is 84.9 cm³/mol. The topological polar surface area (TPSA) is 77.1 Å². The fraction of sp³-hybridized carbons (Fsp3) is 0.333. The van der Waals surface area contributed by atoms with Crippen molar-refractivity contribution in [2.75, 3.05) is 6.54 Å². The van der Waals surface area contributed by atoms with Gasteiger partial charge in [0.25, 0.3) is 5.56 Å². The summed E-state index contributed by atoms with van der Waals surface area (Å²) in [6.07, 6.45) is 0.814. The van der Waals surface area contributed by atoms with E-state index in [1.165, 1.54) is 4.68 Å². The third-order valence-electron chi connectivity index (χ3n) is 3.92. The molecule has 0 N–H and O–H groups in total. The minimum absolute atomic E-state index is 0.0804. The monoisotopic (exact) mass is 329 g/mol. The summed E-state index contributed by atoms with van der Waals surface area (Å²) in [7, 11) is 1.68. The number of aryl methyl sites for hydroxylation is 1. The number of thiophene rings is 1. The lowest BCUT2D eigenvalue weighted by Crippen LogP contribution is -2.34. The van der Waals surface area contributed by atoms with E-state index < -0.39 is 0 Å². The highest BCUT2D eigenvalue weighted by atomic mass is 32.1. The van der Waals surface area contributed by atoms with E-state index in [-0.39, 0.29) is 5.56 Å². The van der Waals surface area contributed by atoms with Gasteiger partial charge in [-0.2, -0.15) is 21.4 Å². The van der Waals surface area contributed by atoms with Gasteiger partial charge in [0.05, 0.1) is 12.2 Å². The molecule has 0 aromatic carbocycles. The van der Waals surface area contributed by atoms with Crippen LogP contribution in [0.3, 0.4) is 0 Å². The molecule has 118 valence electrons. The van der Waals surface area contributed by atoms with Crippen LogP contribution in [0, 0.1) is 0 Å². The van der Waals surface area contributed by atoms with Gasteiger partial charge in [0.1, 0.15) is 0 Å². The highest BCUT2D eigenvalue weighted by Crippen LogP contribution is 2.21. The zero-order valence-electron chi connectivity index (χ0n) is 12.6. The molecule has 1 aliphatic heterocycles. The molecular weight excluding hydrogens is 314 g/mol. The molecule has 0 fully saturated rings. The highest BCUT2D eigenvalue weighted by molar-refractivity contribution is 7.08. The average Bonchev–Trinajstić information content (AvgIpc) is 3.20. The van der Waals surface area contributed by atoms with Crippen molar-refractivity contribution in [3.63, 3.8) is 0 Å². The standard InChI is InChI=1S/C15H15N5O2S/c1-19-14(21)6-11-7-20(4-2-12(11)17-19)8-13-16-15(18-22-13)10-3-5-23-9-10/h3,5-6,9H,2,4,7-8H2,1H3. The first-order valence-corrected chi connectivity index (χ1v) is 8.27. The second-order valence-corrected chi connectivity index (χ2v) is 6.34. The third-order valence-corrected chi connectivity index (χ3v) is 4.61. The molecule has 1 aliphatic rings. The molecule has 3 aromatic rings. The van der Waals surface area contributed by atoms with Gasteiger partial charge in [-0.3, -0.25) is 9.69 Å². The normalized spacial score (nSPS) is 14.8. The number of rotatable bonds is 3. The van der Waals surface area contributed by atoms with E-state index in [0.717, 1.165) is 29.8 Å². The Kier molecular flexibility index (Phi) is 3.55. The van der Waals surface area contributed by atoms with Crippen LogP contribution in [0.1, 0.15) is 17.1 Å². The number of hydrogen-bond acceptors (Lipinski definition) is 7. The van der Waals surface area contributed by atoms with Gasteiger partial charge in [0, 0.05) is 43.6 Å². The summed E-state index contributed by atoms with van der Waals surface area (Å²) in [6, 6.07) is 3.64. The van der Waals surface area contributed by atoms with Crippen LogP contribution in [-0.2, 0) is 26.6 Å². The Morgan fingerprint density at radius 1 is 1.43 bits per heavy atom. The van der Waals surface area contributed by atoms with E-state index in [0.29, 0.717) is 24.8 Å². The summed E-state index contributed by atoms with van der Waals surface area (Å²) < 4.78 is 6.73. The zero-order valence-corrected chi connectivity index (χ0v) is 13.4. The van der Waals surface area contributed by atoms with Crippen LogP contribution >= 0.6 is 11.3 Å². The van der Waals surface area contributed by atoms with Gasteiger partial charge in [-0.1, -0.05) is 5.16 Å². The van der Waals surface area contributed by atoms with Gasteiger partial charge in [0.2, 0.25) is 11.7 Å². The lowest BCUT2D eigenvalue weighted by Gasteiger charge is -2.26. The minimum Gasteiger partial charge on any atom is -0.338 e. The van der Waals surface area contributed by atoms with Gasteiger partial charge in [-0.05, 0) is 17.0 Å². The molecule has 0 spiro atoms. The van der Waals surface area contributed by atoms with Gasteiger partial charge in [0.15, 0.2) is 0 Å². The smallest absolute Gasteiger partial charge is 0.266 e. The quantitative estimate of drug-likeness (QED) is 0.724. The molecule has 4 rings (SSSR count). The van der Waals surface area contributed by atoms with Crippen molar-refractivity contribution in [2.24, 2.45) is 7.05 Å². The van der Waals surface area contributed by atoms with Gasteiger partial charge < -0.3 is 4.52 Å². The van der Waals surface area contributed by atoms with Gasteiger partial charge in [-0.15, -0.1) is 0 Å². The van der Waals surface area contributed by atoms with Crippen LogP contribution in [-0.4, -0.2) is 31.4 Å². The fourth-order valence-electron chi connectivity index (χ4n) is 2.71. The Bertz CT molecular complexity index is 884. The molecule has 8 heteroatoms. The Balaban J connectivity index is 1.50. The maximum atomic E-state index is 11.7. The summed E-state index contributed by atoms with van der Waals surface area (Å²) in [5, 5.41) is 12.3. The maximum Gasteiger partial charge on any atom is 0.266 e. The minimum atomic E-state index is -0.0804. The predicted octanol–water partition coefficient (Wildman–Crippen LogP) is 1.45. The molecule has 0 saturated carbocycles. The van der Waals surface area contributed by atoms with Gasteiger partial charge in [-0.25, -0.2) is 4.68 Å². The lowest BCUT2D eigenvalue weighted by molar-refractivity contribution is 0.207. The Labute approximate surface area is 136 Å². The van der Waals surface area contributed by atoms with E-state index in [2.05, 4.69) is 20.1 Å². The molecular formula is C15H15N5O2S. The summed E-state index contributed by atoms with van der Waals surface area (Å²) in [4.78, 5) is 18.4.